The SMILES string of the molecule is CC(C)N1C(=O)c2cc(Cl)c3c4c(Cl)cc5c6c(cc(Cl)c(c7c(Cl)cc(c2c37)C1=O)c64)C(=O)N(C)C5=O. The molecule has 0 N–H and O–H groups in total. The van der Waals surface area contributed by atoms with E-state index in [1.165, 1.54) is 36.2 Å². The highest BCUT2D eigenvalue weighted by molar-refractivity contribution is 6.56. The molecular weight excluding hydrogens is 570 g/mol. The molecule has 0 atom stereocenters. The molecule has 2 aliphatic heterocycles. The summed E-state index contributed by atoms with van der Waals surface area (Å²) in [5, 5.41) is 4.43. The van der Waals surface area contributed by atoms with Crippen LogP contribution in [0.2, 0.25) is 20.1 Å². The number of imide groups is 2. The van der Waals surface area contributed by atoms with Crippen LogP contribution >= 0.6 is 46.4 Å². The second kappa shape index (κ2) is 7.48. The molecule has 4 amide bonds. The summed E-state index contributed by atoms with van der Waals surface area (Å²) in [6.45, 7) is 3.51. The summed E-state index contributed by atoms with van der Waals surface area (Å²) in [6.07, 6.45) is 0. The van der Waals surface area contributed by atoms with Gasteiger partial charge >= 0.3 is 0 Å². The molecule has 0 fully saturated rings. The monoisotopic (exact) mass is 582 g/mol. The van der Waals surface area contributed by atoms with Gasteiger partial charge in [-0.15, -0.1) is 0 Å². The van der Waals surface area contributed by atoms with Crippen LogP contribution in [-0.2, 0) is 0 Å². The Morgan fingerprint density at radius 3 is 1.08 bits per heavy atom. The van der Waals surface area contributed by atoms with Crippen molar-refractivity contribution in [2.75, 3.05) is 7.05 Å². The molecule has 0 unspecified atom stereocenters. The third-order valence-electron chi connectivity index (χ3n) is 7.60. The average Bonchev–Trinajstić information content (AvgIpc) is 2.86. The van der Waals surface area contributed by atoms with Crippen molar-refractivity contribution in [1.29, 1.82) is 0 Å². The Morgan fingerprint density at radius 1 is 0.500 bits per heavy atom. The number of benzene rings is 5. The fourth-order valence-electron chi connectivity index (χ4n) is 6.07. The summed E-state index contributed by atoms with van der Waals surface area (Å²) in [5.41, 5.74) is 1.04. The highest BCUT2D eigenvalue weighted by Gasteiger charge is 2.39. The van der Waals surface area contributed by atoms with Crippen LogP contribution in [0.4, 0.5) is 0 Å². The average molecular weight is 584 g/mol. The van der Waals surface area contributed by atoms with Crippen molar-refractivity contribution in [1.82, 2.24) is 9.80 Å². The summed E-state index contributed by atoms with van der Waals surface area (Å²) < 4.78 is 0. The summed E-state index contributed by atoms with van der Waals surface area (Å²) in [4.78, 5) is 55.5. The van der Waals surface area contributed by atoms with Crippen molar-refractivity contribution in [3.63, 3.8) is 0 Å². The van der Waals surface area contributed by atoms with Gasteiger partial charge in [-0.3, -0.25) is 29.0 Å². The van der Waals surface area contributed by atoms with Gasteiger partial charge in [0, 0.05) is 76.3 Å². The van der Waals surface area contributed by atoms with Gasteiger partial charge in [-0.05, 0) is 38.1 Å². The maximum Gasteiger partial charge on any atom is 0.261 e. The molecule has 0 radical (unpaired) electrons. The van der Waals surface area contributed by atoms with E-state index < -0.39 is 29.7 Å². The molecule has 188 valence electrons. The number of halogens is 4. The van der Waals surface area contributed by atoms with Crippen molar-refractivity contribution in [3.8, 4) is 0 Å². The van der Waals surface area contributed by atoms with E-state index in [1.54, 1.807) is 13.8 Å². The predicted octanol–water partition coefficient (Wildman–Crippen LogP) is 7.58. The number of nitrogens with zero attached hydrogens (tertiary/aromatic N) is 2. The molecule has 5 aromatic rings. The van der Waals surface area contributed by atoms with Crippen molar-refractivity contribution in [2.24, 2.45) is 0 Å². The quantitative estimate of drug-likeness (QED) is 0.116. The lowest BCUT2D eigenvalue weighted by Crippen LogP contribution is -2.44. The highest BCUT2D eigenvalue weighted by Crippen LogP contribution is 2.53. The van der Waals surface area contributed by atoms with Gasteiger partial charge in [-0.1, -0.05) is 46.4 Å². The molecule has 0 saturated carbocycles. The van der Waals surface area contributed by atoms with Gasteiger partial charge < -0.3 is 0 Å². The number of hydrogen-bond acceptors (Lipinski definition) is 4. The zero-order valence-electron chi connectivity index (χ0n) is 19.9. The molecule has 6 nitrogen and oxygen atoms in total. The molecule has 5 aromatic carbocycles. The van der Waals surface area contributed by atoms with Gasteiger partial charge in [0.2, 0.25) is 0 Å². The molecule has 2 aliphatic rings. The molecule has 0 saturated heterocycles. The molecular formula is C28H14Cl4N2O4. The Morgan fingerprint density at radius 2 is 0.789 bits per heavy atom. The van der Waals surface area contributed by atoms with Gasteiger partial charge in [0.05, 0.1) is 22.3 Å². The topological polar surface area (TPSA) is 74.8 Å². The second-order valence-corrected chi connectivity index (χ2v) is 11.5. The normalized spacial score (nSPS) is 15.6. The Labute approximate surface area is 234 Å². The van der Waals surface area contributed by atoms with Crippen LogP contribution in [0.25, 0.3) is 43.1 Å². The number of fused-ring (bicyclic) bond motifs is 2. The maximum absolute atomic E-state index is 13.5. The fourth-order valence-corrected chi connectivity index (χ4v) is 7.26. The number of hydrogen-bond donors (Lipinski definition) is 0. The smallest absolute Gasteiger partial charge is 0.261 e. The van der Waals surface area contributed by atoms with Gasteiger partial charge in [-0.2, -0.15) is 0 Å². The molecule has 0 aliphatic carbocycles. The molecule has 2 heterocycles. The first-order valence-corrected chi connectivity index (χ1v) is 13.1. The Hall–Kier alpha value is -3.16. The van der Waals surface area contributed by atoms with Crippen LogP contribution in [0.15, 0.2) is 24.3 Å². The fraction of sp³-hybridized carbons (Fsp3) is 0.143. The highest BCUT2D eigenvalue weighted by atomic mass is 35.5. The first-order valence-electron chi connectivity index (χ1n) is 11.6. The maximum atomic E-state index is 13.5. The van der Waals surface area contributed by atoms with Crippen molar-refractivity contribution in [3.05, 3.63) is 66.6 Å². The second-order valence-electron chi connectivity index (χ2n) is 9.87. The van der Waals surface area contributed by atoms with Crippen molar-refractivity contribution in [2.45, 2.75) is 19.9 Å². The molecule has 38 heavy (non-hydrogen) atoms. The van der Waals surface area contributed by atoms with Crippen LogP contribution < -0.4 is 0 Å². The zero-order chi connectivity index (χ0) is 27.1. The van der Waals surface area contributed by atoms with Gasteiger partial charge in [0.15, 0.2) is 0 Å². The van der Waals surface area contributed by atoms with Gasteiger partial charge in [0.25, 0.3) is 23.6 Å². The first kappa shape index (κ1) is 23.9. The van der Waals surface area contributed by atoms with Crippen LogP contribution in [0, 0.1) is 0 Å². The third-order valence-corrected chi connectivity index (χ3v) is 8.79. The number of carbonyl (C=O) groups excluding carboxylic acids is 4. The Bertz CT molecular complexity index is 1920. The number of amides is 4. The lowest BCUT2D eigenvalue weighted by atomic mass is 9.82. The minimum atomic E-state index is -0.498. The molecule has 0 spiro atoms. The van der Waals surface area contributed by atoms with Crippen molar-refractivity contribution >= 4 is 113 Å². The van der Waals surface area contributed by atoms with Gasteiger partial charge in [0.1, 0.15) is 0 Å². The lowest BCUT2D eigenvalue weighted by molar-refractivity contribution is 0.0561. The zero-order valence-corrected chi connectivity index (χ0v) is 22.9. The first-order chi connectivity index (χ1) is 18.0. The van der Waals surface area contributed by atoms with Crippen LogP contribution in [0.1, 0.15) is 55.3 Å². The van der Waals surface area contributed by atoms with Crippen LogP contribution in [0.5, 0.6) is 0 Å². The van der Waals surface area contributed by atoms with Crippen LogP contribution in [-0.4, -0.2) is 46.5 Å². The van der Waals surface area contributed by atoms with E-state index in [1.807, 2.05) is 0 Å². The molecule has 0 bridgehead atoms. The Kier molecular flexibility index (Phi) is 4.71. The van der Waals surface area contributed by atoms with E-state index in [0.29, 0.717) is 43.1 Å². The minimum absolute atomic E-state index is 0.208. The predicted molar refractivity (Wildman–Crippen MR) is 150 cm³/mol. The van der Waals surface area contributed by atoms with Gasteiger partial charge in [-0.25, -0.2) is 0 Å². The van der Waals surface area contributed by atoms with E-state index in [4.69, 9.17) is 46.4 Å². The van der Waals surface area contributed by atoms with E-state index >= 15 is 0 Å². The van der Waals surface area contributed by atoms with Crippen LogP contribution in [0.3, 0.4) is 0 Å². The summed E-state index contributed by atoms with van der Waals surface area (Å²) >= 11 is 27.5. The Balaban J connectivity index is 1.83. The van der Waals surface area contributed by atoms with E-state index in [2.05, 4.69) is 0 Å². The number of carbonyl (C=O) groups is 4. The largest absolute Gasteiger partial charge is 0.277 e. The molecule has 10 heteroatoms. The summed E-state index contributed by atoms with van der Waals surface area (Å²) in [6, 6.07) is 5.71. The summed E-state index contributed by atoms with van der Waals surface area (Å²) in [5.74, 6) is -1.93. The number of rotatable bonds is 1. The third kappa shape index (κ3) is 2.61. The summed E-state index contributed by atoms with van der Waals surface area (Å²) in [7, 11) is 1.40. The standard InChI is InChI=1S/C28H14Cl4N2O4/c1-8(2)34-27(37)11-6-15(31)21-19-13(29)4-9-17-10(26(36)33(3)25(9)35)5-14(30)20(23(17)19)22-16(32)7-12(28(34)38)18(11)24(21)22/h4-8H,1-3H3. The lowest BCUT2D eigenvalue weighted by Gasteiger charge is -2.32. The van der Waals surface area contributed by atoms with E-state index in [9.17, 15) is 19.2 Å². The molecule has 0 aromatic heterocycles. The minimum Gasteiger partial charge on any atom is -0.277 e. The van der Waals surface area contributed by atoms with E-state index in [-0.39, 0.29) is 42.3 Å². The van der Waals surface area contributed by atoms with Crippen molar-refractivity contribution < 1.29 is 19.2 Å². The molecule has 7 rings (SSSR count). The van der Waals surface area contributed by atoms with E-state index in [0.717, 1.165) is 4.90 Å².